The quantitative estimate of drug-likeness (QED) is 0.719. The molecule has 4 rings (SSSR count). The van der Waals surface area contributed by atoms with Gasteiger partial charge in [-0.2, -0.15) is 0 Å². The van der Waals surface area contributed by atoms with E-state index in [0.29, 0.717) is 25.7 Å². The Kier molecular flexibility index (Phi) is 4.43. The van der Waals surface area contributed by atoms with Gasteiger partial charge in [-0.25, -0.2) is 0 Å². The van der Waals surface area contributed by atoms with E-state index in [-0.39, 0.29) is 41.4 Å². The van der Waals surface area contributed by atoms with Crippen molar-refractivity contribution in [2.75, 3.05) is 7.11 Å². The van der Waals surface area contributed by atoms with Gasteiger partial charge in [0.2, 0.25) is 0 Å². The first kappa shape index (κ1) is 19.2. The lowest BCUT2D eigenvalue weighted by molar-refractivity contribution is -0.204. The molecule has 1 aromatic heterocycles. The second-order valence-corrected chi connectivity index (χ2v) is 9.34. The van der Waals surface area contributed by atoms with Crippen molar-refractivity contribution in [2.45, 2.75) is 52.6 Å². The normalized spacial score (nSPS) is 42.9. The van der Waals surface area contributed by atoms with Crippen LogP contribution < -0.4 is 0 Å². The molecule has 3 aliphatic rings. The Morgan fingerprint density at radius 1 is 1.25 bits per heavy atom. The summed E-state index contributed by atoms with van der Waals surface area (Å²) < 4.78 is 16.0. The van der Waals surface area contributed by atoms with E-state index in [0.717, 1.165) is 5.56 Å². The predicted octanol–water partition coefficient (Wildman–Crippen LogP) is 3.70. The maximum absolute atomic E-state index is 13.5. The lowest BCUT2D eigenvalue weighted by Gasteiger charge is -2.61. The van der Waals surface area contributed by atoms with Crippen LogP contribution in [0.15, 0.2) is 23.0 Å². The monoisotopic (exact) mass is 388 g/mol. The second kappa shape index (κ2) is 6.46. The van der Waals surface area contributed by atoms with Gasteiger partial charge in [-0.3, -0.25) is 14.4 Å². The molecule has 1 saturated heterocycles. The van der Waals surface area contributed by atoms with Gasteiger partial charge in [-0.1, -0.05) is 20.8 Å². The van der Waals surface area contributed by atoms with Crippen molar-refractivity contribution in [3.05, 3.63) is 24.2 Å². The van der Waals surface area contributed by atoms with Gasteiger partial charge in [0.1, 0.15) is 11.9 Å². The van der Waals surface area contributed by atoms with Gasteiger partial charge >= 0.3 is 11.9 Å². The van der Waals surface area contributed by atoms with Crippen molar-refractivity contribution in [3.63, 3.8) is 0 Å². The SMILES string of the molecule is COC(=O)C1CC(C)C(=O)C2[C@@]1(C)CCC1C(=O)O[C@H](c3ccoc3)C[C@@]12C. The Hall–Kier alpha value is -2.11. The van der Waals surface area contributed by atoms with Gasteiger partial charge in [-0.05, 0) is 42.6 Å². The molecule has 2 saturated carbocycles. The minimum absolute atomic E-state index is 0.162. The molecule has 2 aliphatic carbocycles. The van der Waals surface area contributed by atoms with Crippen LogP contribution in [0.25, 0.3) is 0 Å². The van der Waals surface area contributed by atoms with Crippen molar-refractivity contribution in [1.29, 1.82) is 0 Å². The average Bonchev–Trinajstić information content (AvgIpc) is 3.18. The molecule has 0 bridgehead atoms. The number of carbonyl (C=O) groups excluding carboxylic acids is 3. The standard InChI is InChI=1S/C22H28O6/c1-12-9-15(19(24)26-4)21(2)7-5-14-20(25)28-16(13-6-8-27-11-13)10-22(14,3)18(21)17(12)23/h6,8,11-12,14-16,18H,5,7,9-10H2,1-4H3/t12?,14?,15?,16-,18?,21-,22-/m0/s1. The van der Waals surface area contributed by atoms with Crippen LogP contribution in [0.2, 0.25) is 0 Å². The van der Waals surface area contributed by atoms with Crippen LogP contribution in [0.1, 0.15) is 58.1 Å². The molecule has 0 spiro atoms. The summed E-state index contributed by atoms with van der Waals surface area (Å²) in [4.78, 5) is 39.0. The fourth-order valence-electron chi connectivity index (χ4n) is 6.40. The minimum Gasteiger partial charge on any atom is -0.472 e. The third kappa shape index (κ3) is 2.56. The van der Waals surface area contributed by atoms with Crippen LogP contribution in [-0.2, 0) is 23.9 Å². The summed E-state index contributed by atoms with van der Waals surface area (Å²) in [5, 5.41) is 0. The fourth-order valence-corrected chi connectivity index (χ4v) is 6.40. The Morgan fingerprint density at radius 2 is 2.00 bits per heavy atom. The molecule has 6 nitrogen and oxygen atoms in total. The molecule has 1 aromatic rings. The zero-order valence-electron chi connectivity index (χ0n) is 16.9. The third-order valence-electron chi connectivity index (χ3n) is 7.81. The van der Waals surface area contributed by atoms with Gasteiger partial charge in [0.05, 0.1) is 31.5 Å². The summed E-state index contributed by atoms with van der Waals surface area (Å²) >= 11 is 0. The number of Topliss-reactive ketones (excluding diaryl/α,β-unsaturated/α-hetero) is 1. The molecule has 3 fully saturated rings. The number of rotatable bonds is 2. The van der Waals surface area contributed by atoms with Crippen molar-refractivity contribution in [2.24, 2.45) is 34.5 Å². The first-order valence-corrected chi connectivity index (χ1v) is 10.1. The number of cyclic esters (lactones) is 1. The van der Waals surface area contributed by atoms with E-state index in [1.54, 1.807) is 18.6 Å². The highest BCUT2D eigenvalue weighted by atomic mass is 16.5. The molecule has 7 atom stereocenters. The zero-order chi connectivity index (χ0) is 20.3. The topological polar surface area (TPSA) is 82.8 Å². The van der Waals surface area contributed by atoms with E-state index in [1.807, 2.05) is 20.8 Å². The molecule has 6 heteroatoms. The summed E-state index contributed by atoms with van der Waals surface area (Å²) in [6.07, 6.45) is 5.04. The molecule has 4 unspecified atom stereocenters. The van der Waals surface area contributed by atoms with E-state index in [4.69, 9.17) is 13.9 Å². The highest BCUT2D eigenvalue weighted by Crippen LogP contribution is 2.65. The predicted molar refractivity (Wildman–Crippen MR) is 98.9 cm³/mol. The van der Waals surface area contributed by atoms with Crippen LogP contribution in [0.5, 0.6) is 0 Å². The van der Waals surface area contributed by atoms with Gasteiger partial charge in [0.15, 0.2) is 0 Å². The molecule has 2 heterocycles. The van der Waals surface area contributed by atoms with Crippen molar-refractivity contribution < 1.29 is 28.3 Å². The van der Waals surface area contributed by atoms with E-state index in [9.17, 15) is 14.4 Å². The molecule has 1 aliphatic heterocycles. The number of fused-ring (bicyclic) bond motifs is 3. The van der Waals surface area contributed by atoms with E-state index >= 15 is 0 Å². The number of hydrogen-bond acceptors (Lipinski definition) is 6. The largest absolute Gasteiger partial charge is 0.472 e. The van der Waals surface area contributed by atoms with Crippen LogP contribution in [-0.4, -0.2) is 24.8 Å². The first-order valence-electron chi connectivity index (χ1n) is 10.1. The maximum Gasteiger partial charge on any atom is 0.310 e. The number of carbonyl (C=O) groups is 3. The lowest BCUT2D eigenvalue weighted by Crippen LogP contribution is -2.63. The average molecular weight is 388 g/mol. The van der Waals surface area contributed by atoms with Gasteiger partial charge in [-0.15, -0.1) is 0 Å². The highest BCUT2D eigenvalue weighted by Gasteiger charge is 2.66. The van der Waals surface area contributed by atoms with Crippen molar-refractivity contribution in [3.8, 4) is 0 Å². The molecular formula is C22H28O6. The summed E-state index contributed by atoms with van der Waals surface area (Å²) in [7, 11) is 1.40. The Balaban J connectivity index is 1.79. The second-order valence-electron chi connectivity index (χ2n) is 9.34. The molecule has 0 N–H and O–H groups in total. The number of ether oxygens (including phenoxy) is 2. The first-order chi connectivity index (χ1) is 13.2. The molecule has 0 radical (unpaired) electrons. The van der Waals surface area contributed by atoms with Gasteiger partial charge in [0, 0.05) is 17.4 Å². The Morgan fingerprint density at radius 3 is 2.64 bits per heavy atom. The number of ketones is 1. The number of furan rings is 1. The van der Waals surface area contributed by atoms with E-state index < -0.39 is 16.9 Å². The van der Waals surface area contributed by atoms with Crippen LogP contribution in [0, 0.1) is 34.5 Å². The fraction of sp³-hybridized carbons (Fsp3) is 0.682. The molecule has 0 amide bonds. The van der Waals surface area contributed by atoms with E-state index in [2.05, 4.69) is 0 Å². The molecule has 152 valence electrons. The zero-order valence-corrected chi connectivity index (χ0v) is 16.9. The van der Waals surface area contributed by atoms with Crippen LogP contribution in [0.4, 0.5) is 0 Å². The van der Waals surface area contributed by atoms with Gasteiger partial charge in [0.25, 0.3) is 0 Å². The van der Waals surface area contributed by atoms with E-state index in [1.165, 1.54) is 7.11 Å². The highest BCUT2D eigenvalue weighted by molar-refractivity contribution is 5.90. The Bertz CT molecular complexity index is 798. The smallest absolute Gasteiger partial charge is 0.310 e. The lowest BCUT2D eigenvalue weighted by atomic mass is 9.42. The van der Waals surface area contributed by atoms with Gasteiger partial charge < -0.3 is 13.9 Å². The van der Waals surface area contributed by atoms with Crippen LogP contribution in [0.3, 0.4) is 0 Å². The molecule has 0 aromatic carbocycles. The molecule has 28 heavy (non-hydrogen) atoms. The summed E-state index contributed by atoms with van der Waals surface area (Å²) in [6.45, 7) is 5.97. The van der Waals surface area contributed by atoms with Crippen molar-refractivity contribution in [1.82, 2.24) is 0 Å². The summed E-state index contributed by atoms with van der Waals surface area (Å²) in [5.41, 5.74) is -0.274. The number of esters is 2. The van der Waals surface area contributed by atoms with Crippen molar-refractivity contribution >= 4 is 17.7 Å². The Labute approximate surface area is 164 Å². The number of methoxy groups -OCH3 is 1. The summed E-state index contributed by atoms with van der Waals surface area (Å²) in [6, 6.07) is 1.80. The summed E-state index contributed by atoms with van der Waals surface area (Å²) in [5.74, 6) is -1.62. The van der Waals surface area contributed by atoms with Crippen LogP contribution >= 0.6 is 0 Å². The minimum atomic E-state index is -0.567. The maximum atomic E-state index is 13.5. The molecular weight excluding hydrogens is 360 g/mol. The third-order valence-corrected chi connectivity index (χ3v) is 7.81. The number of hydrogen-bond donors (Lipinski definition) is 0.